The van der Waals surface area contributed by atoms with Crippen molar-refractivity contribution in [3.05, 3.63) is 59.9 Å². The molecule has 26 heavy (non-hydrogen) atoms. The number of anilines is 1. The van der Waals surface area contributed by atoms with Crippen LogP contribution in [0.3, 0.4) is 0 Å². The Morgan fingerprint density at radius 1 is 1.12 bits per heavy atom. The lowest BCUT2D eigenvalue weighted by Gasteiger charge is -2.11. The van der Waals surface area contributed by atoms with Gasteiger partial charge in [-0.05, 0) is 62.2 Å². The van der Waals surface area contributed by atoms with Crippen molar-refractivity contribution < 1.29 is 17.6 Å². The highest BCUT2D eigenvalue weighted by atomic mass is 32.2. The molecule has 0 atom stereocenters. The molecule has 0 unspecified atom stereocenters. The maximum atomic E-state index is 13.1. The number of amides is 2. The van der Waals surface area contributed by atoms with Crippen LogP contribution in [0, 0.1) is 5.82 Å². The fourth-order valence-electron chi connectivity index (χ4n) is 2.28. The maximum absolute atomic E-state index is 13.1. The van der Waals surface area contributed by atoms with E-state index in [0.29, 0.717) is 18.7 Å². The van der Waals surface area contributed by atoms with Gasteiger partial charge >= 0.3 is 6.03 Å². The summed E-state index contributed by atoms with van der Waals surface area (Å²) in [5.41, 5.74) is 1.26. The van der Waals surface area contributed by atoms with E-state index < -0.39 is 16.1 Å². The molecule has 0 bridgehead atoms. The van der Waals surface area contributed by atoms with Crippen LogP contribution in [0.25, 0.3) is 0 Å². The Labute approximate surface area is 152 Å². The van der Waals surface area contributed by atoms with Crippen LogP contribution in [0.5, 0.6) is 0 Å². The number of halogens is 1. The minimum atomic E-state index is -3.56. The molecule has 0 fully saturated rings. The molecule has 0 aliphatic carbocycles. The number of carbonyl (C=O) groups is 1. The number of benzene rings is 2. The molecule has 8 heteroatoms. The summed E-state index contributed by atoms with van der Waals surface area (Å²) in [6, 6.07) is 11.4. The Morgan fingerprint density at radius 3 is 2.42 bits per heavy atom. The second kappa shape index (κ2) is 8.77. The van der Waals surface area contributed by atoms with Crippen LogP contribution in [0.1, 0.15) is 19.4 Å². The van der Waals surface area contributed by atoms with E-state index in [0.717, 1.165) is 5.56 Å². The lowest BCUT2D eigenvalue weighted by atomic mass is 10.1. The van der Waals surface area contributed by atoms with Gasteiger partial charge in [0, 0.05) is 18.3 Å². The van der Waals surface area contributed by atoms with E-state index in [1.54, 1.807) is 26.0 Å². The zero-order valence-corrected chi connectivity index (χ0v) is 15.4. The van der Waals surface area contributed by atoms with E-state index in [-0.39, 0.29) is 16.8 Å². The molecule has 2 amide bonds. The number of hydrogen-bond acceptors (Lipinski definition) is 3. The van der Waals surface area contributed by atoms with E-state index in [9.17, 15) is 17.6 Å². The van der Waals surface area contributed by atoms with Gasteiger partial charge in [-0.15, -0.1) is 0 Å². The Kier molecular flexibility index (Phi) is 6.70. The number of hydrogen-bond donors (Lipinski definition) is 3. The SMILES string of the molecule is CC(C)NS(=O)(=O)c1ccc(NC(=O)NCCc2cccc(F)c2)cc1. The molecule has 0 aliphatic rings. The molecular weight excluding hydrogens is 357 g/mol. The van der Waals surface area contributed by atoms with Crippen molar-refractivity contribution in [3.63, 3.8) is 0 Å². The van der Waals surface area contributed by atoms with Gasteiger partial charge in [-0.25, -0.2) is 22.3 Å². The van der Waals surface area contributed by atoms with Crippen molar-refractivity contribution in [3.8, 4) is 0 Å². The Bertz CT molecular complexity index is 852. The third-order valence-electron chi connectivity index (χ3n) is 3.40. The maximum Gasteiger partial charge on any atom is 0.319 e. The largest absolute Gasteiger partial charge is 0.338 e. The topological polar surface area (TPSA) is 87.3 Å². The summed E-state index contributed by atoms with van der Waals surface area (Å²) in [6.45, 7) is 3.82. The van der Waals surface area contributed by atoms with Crippen LogP contribution in [0.2, 0.25) is 0 Å². The van der Waals surface area contributed by atoms with Gasteiger partial charge in [-0.2, -0.15) is 0 Å². The predicted molar refractivity (Wildman–Crippen MR) is 99.0 cm³/mol. The van der Waals surface area contributed by atoms with Gasteiger partial charge in [0.15, 0.2) is 0 Å². The molecule has 2 aromatic rings. The quantitative estimate of drug-likeness (QED) is 0.691. The molecule has 6 nitrogen and oxygen atoms in total. The summed E-state index contributed by atoms with van der Waals surface area (Å²) >= 11 is 0. The fourth-order valence-corrected chi connectivity index (χ4v) is 3.53. The first-order chi connectivity index (χ1) is 12.3. The summed E-state index contributed by atoms with van der Waals surface area (Å²) < 4.78 is 39.6. The van der Waals surface area contributed by atoms with Gasteiger partial charge in [-0.1, -0.05) is 12.1 Å². The monoisotopic (exact) mass is 379 g/mol. The summed E-state index contributed by atoms with van der Waals surface area (Å²) in [5, 5.41) is 5.29. The van der Waals surface area contributed by atoms with Crippen molar-refractivity contribution in [2.75, 3.05) is 11.9 Å². The second-order valence-corrected chi connectivity index (χ2v) is 7.78. The molecule has 0 saturated heterocycles. The van der Waals surface area contributed by atoms with E-state index >= 15 is 0 Å². The van der Waals surface area contributed by atoms with Crippen molar-refractivity contribution in [1.29, 1.82) is 0 Å². The molecule has 2 rings (SSSR count). The molecule has 2 aromatic carbocycles. The van der Waals surface area contributed by atoms with Gasteiger partial charge in [-0.3, -0.25) is 0 Å². The highest BCUT2D eigenvalue weighted by molar-refractivity contribution is 7.89. The molecule has 3 N–H and O–H groups in total. The average Bonchev–Trinajstić information content (AvgIpc) is 2.54. The average molecular weight is 379 g/mol. The predicted octanol–water partition coefficient (Wildman–Crippen LogP) is 2.88. The Balaban J connectivity index is 1.85. The smallest absolute Gasteiger partial charge is 0.319 e. The standard InChI is InChI=1S/C18H22FN3O3S/c1-13(2)22-26(24,25)17-8-6-16(7-9-17)21-18(23)20-11-10-14-4-3-5-15(19)12-14/h3-9,12-13,22H,10-11H2,1-2H3,(H2,20,21,23). The number of carbonyl (C=O) groups excluding carboxylic acids is 1. The van der Waals surface area contributed by atoms with E-state index in [1.807, 2.05) is 0 Å². The van der Waals surface area contributed by atoms with Gasteiger partial charge in [0.25, 0.3) is 0 Å². The fraction of sp³-hybridized carbons (Fsp3) is 0.278. The molecule has 0 heterocycles. The van der Waals surface area contributed by atoms with Crippen LogP contribution in [0.4, 0.5) is 14.9 Å². The molecule has 140 valence electrons. The minimum absolute atomic E-state index is 0.128. The number of nitrogens with one attached hydrogen (secondary N) is 3. The first kappa shape index (κ1) is 19.9. The van der Waals surface area contributed by atoms with Gasteiger partial charge < -0.3 is 10.6 Å². The van der Waals surface area contributed by atoms with Crippen molar-refractivity contribution in [2.24, 2.45) is 0 Å². The van der Waals surface area contributed by atoms with Gasteiger partial charge in [0.2, 0.25) is 10.0 Å². The zero-order valence-electron chi connectivity index (χ0n) is 14.6. The summed E-state index contributed by atoms with van der Waals surface area (Å²) in [6.07, 6.45) is 0.503. The third kappa shape index (κ3) is 6.12. The number of rotatable bonds is 7. The van der Waals surface area contributed by atoms with E-state index in [4.69, 9.17) is 0 Å². The molecule has 0 aliphatic heterocycles. The van der Waals surface area contributed by atoms with Crippen molar-refractivity contribution >= 4 is 21.7 Å². The Hall–Kier alpha value is -2.45. The molecular formula is C18H22FN3O3S. The van der Waals surface area contributed by atoms with Crippen LogP contribution in [0.15, 0.2) is 53.4 Å². The highest BCUT2D eigenvalue weighted by Gasteiger charge is 2.15. The van der Waals surface area contributed by atoms with Crippen LogP contribution in [-0.2, 0) is 16.4 Å². The van der Waals surface area contributed by atoms with Gasteiger partial charge in [0.1, 0.15) is 5.82 Å². The van der Waals surface area contributed by atoms with Crippen LogP contribution < -0.4 is 15.4 Å². The van der Waals surface area contributed by atoms with Crippen molar-refractivity contribution in [2.45, 2.75) is 31.2 Å². The zero-order chi connectivity index (χ0) is 19.2. The van der Waals surface area contributed by atoms with Crippen LogP contribution >= 0.6 is 0 Å². The van der Waals surface area contributed by atoms with E-state index in [2.05, 4.69) is 15.4 Å². The molecule has 0 saturated carbocycles. The first-order valence-corrected chi connectivity index (χ1v) is 9.66. The summed E-state index contributed by atoms with van der Waals surface area (Å²) in [7, 11) is -3.56. The minimum Gasteiger partial charge on any atom is -0.338 e. The molecule has 0 radical (unpaired) electrons. The molecule has 0 aromatic heterocycles. The number of urea groups is 1. The lowest BCUT2D eigenvalue weighted by molar-refractivity contribution is 0.252. The van der Waals surface area contributed by atoms with Crippen LogP contribution in [-0.4, -0.2) is 27.0 Å². The lowest BCUT2D eigenvalue weighted by Crippen LogP contribution is -2.31. The second-order valence-electron chi connectivity index (χ2n) is 6.06. The Morgan fingerprint density at radius 2 is 1.81 bits per heavy atom. The molecule has 0 spiro atoms. The van der Waals surface area contributed by atoms with Gasteiger partial charge in [0.05, 0.1) is 4.90 Å². The van der Waals surface area contributed by atoms with E-state index in [1.165, 1.54) is 36.4 Å². The normalized spacial score (nSPS) is 11.4. The number of sulfonamides is 1. The summed E-state index contributed by atoms with van der Waals surface area (Å²) in [5.74, 6) is -0.311. The third-order valence-corrected chi connectivity index (χ3v) is 5.08. The summed E-state index contributed by atoms with van der Waals surface area (Å²) in [4.78, 5) is 12.0. The van der Waals surface area contributed by atoms with Crippen molar-refractivity contribution in [1.82, 2.24) is 10.0 Å². The first-order valence-electron chi connectivity index (χ1n) is 8.18. The highest BCUT2D eigenvalue weighted by Crippen LogP contribution is 2.14.